The van der Waals surface area contributed by atoms with E-state index in [1.54, 1.807) is 0 Å². The Labute approximate surface area is 84.6 Å². The van der Waals surface area contributed by atoms with Crippen molar-refractivity contribution < 1.29 is 24.5 Å². The molecule has 1 rings (SSSR count). The molecule has 15 heavy (non-hydrogen) atoms. The van der Waals surface area contributed by atoms with Crippen LogP contribution in [-0.2, 0) is 4.79 Å². The Morgan fingerprint density at radius 2 is 2.07 bits per heavy atom. The van der Waals surface area contributed by atoms with Crippen LogP contribution in [0.3, 0.4) is 0 Å². The molecule has 0 spiro atoms. The van der Waals surface area contributed by atoms with E-state index >= 15 is 0 Å². The fourth-order valence-corrected chi connectivity index (χ4v) is 1.09. The van der Waals surface area contributed by atoms with Gasteiger partial charge in [-0.05, 0) is 18.2 Å². The Balaban J connectivity index is 3.04. The number of benzene rings is 1. The smallest absolute Gasteiger partial charge is 0.323 e. The summed E-state index contributed by atoms with van der Waals surface area (Å²) in [6.07, 6.45) is -1.65. The summed E-state index contributed by atoms with van der Waals surface area (Å²) in [5.74, 6) is -2.54. The lowest BCUT2D eigenvalue weighted by Gasteiger charge is -2.16. The van der Waals surface area contributed by atoms with Crippen molar-refractivity contribution >= 4 is 5.97 Å². The first-order chi connectivity index (χ1) is 6.93. The van der Waals surface area contributed by atoms with E-state index in [-0.39, 0.29) is 5.56 Å². The van der Waals surface area contributed by atoms with Gasteiger partial charge in [-0.1, -0.05) is 0 Å². The summed E-state index contributed by atoms with van der Waals surface area (Å²) >= 11 is 0. The second-order valence-electron chi connectivity index (χ2n) is 3.01. The standard InChI is InChI=1S/C9H10FNO4/c10-4-1-2-6(12)5(3-4)8(13)7(11)9(14)15/h1-3,7-8,12-13H,11H2,(H,14,15). The summed E-state index contributed by atoms with van der Waals surface area (Å²) in [6, 6.07) is 1.22. The van der Waals surface area contributed by atoms with Crippen LogP contribution < -0.4 is 5.73 Å². The number of carboxylic acid groups (broad SMARTS) is 1. The fraction of sp³-hybridized carbons (Fsp3) is 0.222. The molecule has 0 aliphatic rings. The maximum Gasteiger partial charge on any atom is 0.323 e. The predicted octanol–water partition coefficient (Wildman–Crippen LogP) is -0.0234. The Kier molecular flexibility index (Phi) is 3.23. The molecule has 0 amide bonds. The number of phenolic OH excluding ortho intramolecular Hbond substituents is 1. The van der Waals surface area contributed by atoms with Crippen molar-refractivity contribution in [3.05, 3.63) is 29.6 Å². The van der Waals surface area contributed by atoms with Crippen LogP contribution in [0, 0.1) is 5.82 Å². The summed E-state index contributed by atoms with van der Waals surface area (Å²) in [7, 11) is 0. The van der Waals surface area contributed by atoms with Gasteiger partial charge in [0.2, 0.25) is 0 Å². The lowest BCUT2D eigenvalue weighted by Crippen LogP contribution is -2.36. The highest BCUT2D eigenvalue weighted by Gasteiger charge is 2.26. The molecule has 2 atom stereocenters. The van der Waals surface area contributed by atoms with Gasteiger partial charge >= 0.3 is 5.97 Å². The van der Waals surface area contributed by atoms with Gasteiger partial charge in [-0.15, -0.1) is 0 Å². The van der Waals surface area contributed by atoms with E-state index in [1.165, 1.54) is 0 Å². The zero-order valence-electron chi connectivity index (χ0n) is 7.59. The summed E-state index contributed by atoms with van der Waals surface area (Å²) in [4.78, 5) is 10.4. The van der Waals surface area contributed by atoms with E-state index in [2.05, 4.69) is 0 Å². The van der Waals surface area contributed by atoms with Crippen LogP contribution in [0.1, 0.15) is 11.7 Å². The number of hydrogen-bond acceptors (Lipinski definition) is 4. The van der Waals surface area contributed by atoms with E-state index in [0.29, 0.717) is 0 Å². The Hall–Kier alpha value is -1.66. The van der Waals surface area contributed by atoms with Crippen molar-refractivity contribution in [2.24, 2.45) is 5.73 Å². The molecule has 0 bridgehead atoms. The first-order valence-electron chi connectivity index (χ1n) is 4.08. The summed E-state index contributed by atoms with van der Waals surface area (Å²) in [5.41, 5.74) is 4.88. The molecule has 0 saturated heterocycles. The Morgan fingerprint density at radius 1 is 1.47 bits per heavy atom. The maximum absolute atomic E-state index is 12.8. The molecular formula is C9H10FNO4. The number of nitrogens with two attached hydrogens (primary N) is 1. The highest BCUT2D eigenvalue weighted by atomic mass is 19.1. The van der Waals surface area contributed by atoms with Crippen LogP contribution in [0.25, 0.3) is 0 Å². The molecule has 1 aromatic rings. The van der Waals surface area contributed by atoms with Gasteiger partial charge in [-0.25, -0.2) is 4.39 Å². The number of carbonyl (C=O) groups is 1. The minimum atomic E-state index is -1.65. The van der Waals surface area contributed by atoms with Gasteiger partial charge in [0.25, 0.3) is 0 Å². The Bertz CT molecular complexity index is 382. The zero-order valence-corrected chi connectivity index (χ0v) is 7.59. The number of phenols is 1. The fourth-order valence-electron chi connectivity index (χ4n) is 1.09. The van der Waals surface area contributed by atoms with Crippen molar-refractivity contribution in [1.82, 2.24) is 0 Å². The van der Waals surface area contributed by atoms with Gasteiger partial charge < -0.3 is 21.1 Å². The minimum absolute atomic E-state index is 0.245. The number of hydrogen-bond donors (Lipinski definition) is 4. The first kappa shape index (κ1) is 11.4. The van der Waals surface area contributed by atoms with E-state index in [0.717, 1.165) is 18.2 Å². The Morgan fingerprint density at radius 3 is 2.60 bits per heavy atom. The molecule has 0 aromatic heterocycles. The molecule has 0 heterocycles. The van der Waals surface area contributed by atoms with Crippen molar-refractivity contribution in [3.8, 4) is 5.75 Å². The quantitative estimate of drug-likeness (QED) is 0.567. The second-order valence-corrected chi connectivity index (χ2v) is 3.01. The molecule has 0 fully saturated rings. The normalized spacial score (nSPS) is 14.6. The molecule has 2 unspecified atom stereocenters. The number of halogens is 1. The average Bonchev–Trinajstić information content (AvgIpc) is 2.19. The van der Waals surface area contributed by atoms with Gasteiger partial charge in [-0.3, -0.25) is 4.79 Å². The summed E-state index contributed by atoms with van der Waals surface area (Å²) < 4.78 is 12.8. The van der Waals surface area contributed by atoms with Gasteiger partial charge in [0, 0.05) is 5.56 Å². The van der Waals surface area contributed by atoms with Crippen LogP contribution in [0.5, 0.6) is 5.75 Å². The third kappa shape index (κ3) is 2.42. The van der Waals surface area contributed by atoms with Crippen LogP contribution in [0.15, 0.2) is 18.2 Å². The van der Waals surface area contributed by atoms with E-state index < -0.39 is 29.7 Å². The maximum atomic E-state index is 12.8. The van der Waals surface area contributed by atoms with Crippen molar-refractivity contribution in [2.45, 2.75) is 12.1 Å². The second kappa shape index (κ2) is 4.24. The van der Waals surface area contributed by atoms with E-state index in [4.69, 9.17) is 10.8 Å². The highest BCUT2D eigenvalue weighted by molar-refractivity contribution is 5.74. The monoisotopic (exact) mass is 215 g/mol. The summed E-state index contributed by atoms with van der Waals surface area (Å²) in [5, 5.41) is 27.2. The van der Waals surface area contributed by atoms with Crippen molar-refractivity contribution in [3.63, 3.8) is 0 Å². The molecule has 0 saturated carbocycles. The molecule has 5 N–H and O–H groups in total. The lowest BCUT2D eigenvalue weighted by molar-refractivity contribution is -0.141. The molecule has 0 radical (unpaired) electrons. The first-order valence-corrected chi connectivity index (χ1v) is 4.08. The predicted molar refractivity (Wildman–Crippen MR) is 48.6 cm³/mol. The van der Waals surface area contributed by atoms with E-state index in [9.17, 15) is 19.4 Å². The lowest BCUT2D eigenvalue weighted by atomic mass is 10.0. The highest BCUT2D eigenvalue weighted by Crippen LogP contribution is 2.26. The van der Waals surface area contributed by atoms with E-state index in [1.807, 2.05) is 0 Å². The number of rotatable bonds is 3. The third-order valence-corrected chi connectivity index (χ3v) is 1.93. The number of carboxylic acids is 1. The molecule has 82 valence electrons. The number of aliphatic carboxylic acids is 1. The number of aliphatic hydroxyl groups is 1. The van der Waals surface area contributed by atoms with Gasteiger partial charge in [0.05, 0.1) is 0 Å². The zero-order chi connectivity index (χ0) is 11.6. The van der Waals surface area contributed by atoms with Gasteiger partial charge in [-0.2, -0.15) is 0 Å². The average molecular weight is 215 g/mol. The number of aromatic hydroxyl groups is 1. The number of aliphatic hydroxyl groups excluding tert-OH is 1. The SMILES string of the molecule is NC(C(=O)O)C(O)c1cc(F)ccc1O. The molecular weight excluding hydrogens is 205 g/mol. The van der Waals surface area contributed by atoms with Gasteiger partial charge in [0.1, 0.15) is 23.7 Å². The largest absolute Gasteiger partial charge is 0.508 e. The third-order valence-electron chi connectivity index (χ3n) is 1.93. The van der Waals surface area contributed by atoms with Crippen LogP contribution in [-0.4, -0.2) is 27.3 Å². The van der Waals surface area contributed by atoms with Crippen LogP contribution in [0.2, 0.25) is 0 Å². The van der Waals surface area contributed by atoms with Crippen LogP contribution in [0.4, 0.5) is 4.39 Å². The molecule has 0 aliphatic heterocycles. The molecule has 0 aliphatic carbocycles. The van der Waals surface area contributed by atoms with Gasteiger partial charge in [0.15, 0.2) is 0 Å². The topological polar surface area (TPSA) is 104 Å². The minimum Gasteiger partial charge on any atom is -0.508 e. The summed E-state index contributed by atoms with van der Waals surface area (Å²) in [6.45, 7) is 0. The molecule has 1 aromatic carbocycles. The molecule has 6 heteroatoms. The van der Waals surface area contributed by atoms with Crippen LogP contribution >= 0.6 is 0 Å². The van der Waals surface area contributed by atoms with Crippen molar-refractivity contribution in [2.75, 3.05) is 0 Å². The van der Waals surface area contributed by atoms with Crippen molar-refractivity contribution in [1.29, 1.82) is 0 Å². The molecule has 5 nitrogen and oxygen atoms in total.